The molecule has 3 aliphatic rings. The number of carbonyl (C=O) groups is 2. The topological polar surface area (TPSA) is 120 Å². The van der Waals surface area contributed by atoms with Crippen LogP contribution in [0.15, 0.2) is 48.7 Å². The number of carbonyl (C=O) groups excluding carboxylic acids is 2. The molecule has 1 atom stereocenters. The van der Waals surface area contributed by atoms with Gasteiger partial charge in [-0.2, -0.15) is 0 Å². The Morgan fingerprint density at radius 2 is 1.68 bits per heavy atom. The van der Waals surface area contributed by atoms with Crippen LogP contribution < -0.4 is 26.2 Å². The fourth-order valence-corrected chi connectivity index (χ4v) is 5.71. The predicted octanol–water partition coefficient (Wildman–Crippen LogP) is 4.51. The van der Waals surface area contributed by atoms with Crippen LogP contribution >= 0.6 is 0 Å². The standard InChI is InChI=1S/C31H37FN8O2.C2H6/c1-38-13-15-39(16-14-38)24-9-7-22(8-10-24)35-30-28(29(33)41)34-18-27(37-30)40-12-2-3-23(19-40)36-31(42)25-11-6-21(17-26(25)32)20-4-5-20;1-2/h6-11,17-18,20,23H,2-5,12-16,19H2,1H3,(H2,33,41)(H,35,37)(H,36,42);1-2H3/t23-;/m1./s1. The number of primary amides is 1. The first kappa shape index (κ1) is 31.2. The van der Waals surface area contributed by atoms with Crippen molar-refractivity contribution in [3.63, 3.8) is 0 Å². The van der Waals surface area contributed by atoms with Crippen molar-refractivity contribution < 1.29 is 14.0 Å². The quantitative estimate of drug-likeness (QED) is 0.345. The monoisotopic (exact) mass is 602 g/mol. The zero-order valence-electron chi connectivity index (χ0n) is 25.9. The van der Waals surface area contributed by atoms with Crippen LogP contribution in [0.1, 0.15) is 71.9 Å². The Morgan fingerprint density at radius 3 is 2.34 bits per heavy atom. The molecule has 1 saturated carbocycles. The van der Waals surface area contributed by atoms with Gasteiger partial charge in [0, 0.05) is 56.7 Å². The Kier molecular flexibility index (Phi) is 9.94. The SMILES string of the molecule is CC.CN1CCN(c2ccc(Nc3nc(N4CCC[C@@H](NC(=O)c5ccc(C6CC6)cc5F)C4)cnc3C(N)=O)cc2)CC1. The van der Waals surface area contributed by atoms with Crippen molar-refractivity contribution >= 4 is 34.8 Å². The Labute approximate surface area is 258 Å². The third kappa shape index (κ3) is 7.45. The molecule has 4 N–H and O–H groups in total. The number of hydrogen-bond donors (Lipinski definition) is 3. The Balaban J connectivity index is 0.00000188. The van der Waals surface area contributed by atoms with Gasteiger partial charge in [0.25, 0.3) is 11.8 Å². The van der Waals surface area contributed by atoms with Gasteiger partial charge in [-0.3, -0.25) is 9.59 Å². The predicted molar refractivity (Wildman–Crippen MR) is 172 cm³/mol. The average Bonchev–Trinajstić information content (AvgIpc) is 3.89. The third-order valence-corrected chi connectivity index (χ3v) is 8.36. The molecule has 0 radical (unpaired) electrons. The zero-order chi connectivity index (χ0) is 31.2. The van der Waals surface area contributed by atoms with E-state index >= 15 is 0 Å². The molecular formula is C33H43FN8O2. The fourth-order valence-electron chi connectivity index (χ4n) is 5.71. The van der Waals surface area contributed by atoms with E-state index in [-0.39, 0.29) is 23.1 Å². The molecule has 6 rings (SSSR count). The van der Waals surface area contributed by atoms with Gasteiger partial charge in [0.2, 0.25) is 0 Å². The van der Waals surface area contributed by atoms with Gasteiger partial charge in [-0.15, -0.1) is 0 Å². The molecule has 2 amide bonds. The number of aromatic nitrogens is 2. The van der Waals surface area contributed by atoms with Crippen molar-refractivity contribution in [2.75, 3.05) is 61.4 Å². The van der Waals surface area contributed by atoms with Crippen molar-refractivity contribution in [1.29, 1.82) is 0 Å². The van der Waals surface area contributed by atoms with E-state index in [2.05, 4.69) is 44.6 Å². The lowest BCUT2D eigenvalue weighted by Crippen LogP contribution is -2.48. The van der Waals surface area contributed by atoms with E-state index in [0.717, 1.165) is 68.8 Å². The number of nitrogens with two attached hydrogens (primary N) is 1. The van der Waals surface area contributed by atoms with Gasteiger partial charge in [0.1, 0.15) is 11.6 Å². The summed E-state index contributed by atoms with van der Waals surface area (Å²) < 4.78 is 14.7. The Hall–Kier alpha value is -4.25. The summed E-state index contributed by atoms with van der Waals surface area (Å²) in [4.78, 5) is 40.8. The number of likely N-dealkylation sites (N-methyl/N-ethyl adjacent to an activating group) is 1. The molecule has 44 heavy (non-hydrogen) atoms. The smallest absolute Gasteiger partial charge is 0.271 e. The molecule has 2 aromatic carbocycles. The first-order valence-corrected chi connectivity index (χ1v) is 15.7. The lowest BCUT2D eigenvalue weighted by Gasteiger charge is -2.34. The largest absolute Gasteiger partial charge is 0.369 e. The van der Waals surface area contributed by atoms with Crippen molar-refractivity contribution in [1.82, 2.24) is 20.2 Å². The summed E-state index contributed by atoms with van der Waals surface area (Å²) in [5.74, 6) is -0.314. The first-order chi connectivity index (χ1) is 21.3. The molecule has 0 spiro atoms. The molecule has 3 fully saturated rings. The van der Waals surface area contributed by atoms with Gasteiger partial charge in [0.15, 0.2) is 11.5 Å². The Morgan fingerprint density at radius 1 is 0.955 bits per heavy atom. The normalized spacial score (nSPS) is 18.7. The van der Waals surface area contributed by atoms with Crippen LogP contribution in [0.25, 0.3) is 0 Å². The highest BCUT2D eigenvalue weighted by Gasteiger charge is 2.27. The van der Waals surface area contributed by atoms with Gasteiger partial charge in [-0.05, 0) is 80.6 Å². The number of piperidine rings is 1. The number of rotatable bonds is 8. The molecule has 2 aliphatic heterocycles. The molecule has 10 nitrogen and oxygen atoms in total. The minimum absolute atomic E-state index is 0.0499. The maximum Gasteiger partial charge on any atom is 0.271 e. The maximum atomic E-state index is 14.7. The van der Waals surface area contributed by atoms with Gasteiger partial charge in [-0.25, -0.2) is 14.4 Å². The number of benzene rings is 2. The number of nitrogens with zero attached hydrogens (tertiary/aromatic N) is 5. The highest BCUT2D eigenvalue weighted by molar-refractivity contribution is 5.96. The second-order valence-corrected chi connectivity index (χ2v) is 11.5. The lowest BCUT2D eigenvalue weighted by atomic mass is 10.0. The average molecular weight is 603 g/mol. The number of nitrogens with one attached hydrogen (secondary N) is 2. The number of piperazine rings is 1. The highest BCUT2D eigenvalue weighted by Crippen LogP contribution is 2.40. The summed E-state index contributed by atoms with van der Waals surface area (Å²) in [6, 6.07) is 12.7. The van der Waals surface area contributed by atoms with Crippen LogP contribution in [-0.2, 0) is 0 Å². The maximum absolute atomic E-state index is 14.7. The molecule has 234 valence electrons. The number of halogens is 1. The summed E-state index contributed by atoms with van der Waals surface area (Å²) in [6.07, 6.45) is 5.26. The first-order valence-electron chi connectivity index (χ1n) is 15.7. The van der Waals surface area contributed by atoms with Gasteiger partial charge < -0.3 is 31.1 Å². The van der Waals surface area contributed by atoms with Crippen molar-refractivity contribution in [3.8, 4) is 0 Å². The van der Waals surface area contributed by atoms with Gasteiger partial charge in [-0.1, -0.05) is 19.9 Å². The molecule has 3 aromatic rings. The van der Waals surface area contributed by atoms with Gasteiger partial charge in [0.05, 0.1) is 11.8 Å². The van der Waals surface area contributed by atoms with E-state index in [0.29, 0.717) is 24.8 Å². The van der Waals surface area contributed by atoms with E-state index in [1.54, 1.807) is 6.07 Å². The molecule has 3 heterocycles. The van der Waals surface area contributed by atoms with Crippen molar-refractivity contribution in [2.45, 2.75) is 51.5 Å². The fraction of sp³-hybridized carbons (Fsp3) is 0.455. The number of amides is 2. The van der Waals surface area contributed by atoms with Crippen LogP contribution in [0, 0.1) is 5.82 Å². The van der Waals surface area contributed by atoms with Crippen LogP contribution in [0.3, 0.4) is 0 Å². The summed E-state index contributed by atoms with van der Waals surface area (Å²) in [5, 5.41) is 6.21. The summed E-state index contributed by atoms with van der Waals surface area (Å²) in [7, 11) is 2.13. The number of hydrogen-bond acceptors (Lipinski definition) is 8. The second-order valence-electron chi connectivity index (χ2n) is 11.5. The van der Waals surface area contributed by atoms with E-state index in [4.69, 9.17) is 10.7 Å². The van der Waals surface area contributed by atoms with Crippen molar-refractivity contribution in [2.24, 2.45) is 5.73 Å². The van der Waals surface area contributed by atoms with Crippen LogP contribution in [0.2, 0.25) is 0 Å². The molecule has 2 saturated heterocycles. The zero-order valence-corrected chi connectivity index (χ0v) is 25.9. The molecular weight excluding hydrogens is 559 g/mol. The molecule has 0 unspecified atom stereocenters. The van der Waals surface area contributed by atoms with E-state index in [1.165, 1.54) is 12.3 Å². The summed E-state index contributed by atoms with van der Waals surface area (Å²) in [5.41, 5.74) is 8.60. The highest BCUT2D eigenvalue weighted by atomic mass is 19.1. The third-order valence-electron chi connectivity index (χ3n) is 8.36. The Bertz CT molecular complexity index is 1450. The lowest BCUT2D eigenvalue weighted by molar-refractivity contribution is 0.0927. The van der Waals surface area contributed by atoms with E-state index < -0.39 is 17.6 Å². The minimum Gasteiger partial charge on any atom is -0.369 e. The summed E-state index contributed by atoms with van der Waals surface area (Å²) in [6.45, 7) is 9.19. The summed E-state index contributed by atoms with van der Waals surface area (Å²) >= 11 is 0. The second kappa shape index (κ2) is 14.0. The van der Waals surface area contributed by atoms with Crippen molar-refractivity contribution in [3.05, 3.63) is 71.3 Å². The molecule has 1 aliphatic carbocycles. The molecule has 11 heteroatoms. The molecule has 1 aromatic heterocycles. The number of anilines is 4. The van der Waals surface area contributed by atoms with Crippen LogP contribution in [0.4, 0.5) is 27.4 Å². The van der Waals surface area contributed by atoms with Gasteiger partial charge >= 0.3 is 0 Å². The molecule has 0 bridgehead atoms. The minimum atomic E-state index is -0.677. The van der Waals surface area contributed by atoms with Crippen LogP contribution in [0.5, 0.6) is 0 Å². The van der Waals surface area contributed by atoms with E-state index in [9.17, 15) is 14.0 Å². The van der Waals surface area contributed by atoms with Crippen LogP contribution in [-0.4, -0.2) is 79.0 Å². The van der Waals surface area contributed by atoms with E-state index in [1.807, 2.05) is 36.9 Å².